The van der Waals surface area contributed by atoms with Gasteiger partial charge in [0.15, 0.2) is 0 Å². The molecule has 36 heavy (non-hydrogen) atoms. The van der Waals surface area contributed by atoms with Gasteiger partial charge in [0.25, 0.3) is 5.69 Å². The molecule has 3 N–H and O–H groups in total. The van der Waals surface area contributed by atoms with Crippen molar-refractivity contribution in [1.29, 1.82) is 5.26 Å². The monoisotopic (exact) mass is 492 g/mol. The zero-order valence-electron chi connectivity index (χ0n) is 19.3. The number of nitrogens with zero attached hydrogens (tertiary/aromatic N) is 3. The van der Waals surface area contributed by atoms with Crippen molar-refractivity contribution in [2.75, 3.05) is 19.1 Å². The van der Waals surface area contributed by atoms with Crippen LogP contribution in [0, 0.1) is 28.4 Å². The van der Waals surface area contributed by atoms with E-state index in [1.807, 2.05) is 6.07 Å². The van der Waals surface area contributed by atoms with E-state index in [1.165, 1.54) is 6.92 Å². The van der Waals surface area contributed by atoms with Crippen molar-refractivity contribution in [3.05, 3.63) is 91.9 Å². The fourth-order valence-electron chi connectivity index (χ4n) is 4.07. The summed E-state index contributed by atoms with van der Waals surface area (Å²) in [6.07, 6.45) is 0. The minimum atomic E-state index is -1.57. The molecule has 12 nitrogen and oxygen atoms in total. The summed E-state index contributed by atoms with van der Waals surface area (Å²) >= 11 is 0. The smallest absolute Gasteiger partial charge is 0.355 e. The van der Waals surface area contributed by atoms with Gasteiger partial charge in [0.05, 0.1) is 53.5 Å². The van der Waals surface area contributed by atoms with E-state index in [0.717, 1.165) is 31.3 Å². The van der Waals surface area contributed by atoms with Crippen molar-refractivity contribution >= 4 is 29.3 Å². The lowest BCUT2D eigenvalue weighted by Crippen LogP contribution is -2.41. The molecule has 0 saturated carbocycles. The Hall–Kier alpha value is -5.18. The summed E-state index contributed by atoms with van der Waals surface area (Å²) in [4.78, 5) is 49.8. The Morgan fingerprint density at radius 2 is 1.75 bits per heavy atom. The number of aromatic carboxylic acids is 1. The molecule has 0 aromatic heterocycles. The topological polar surface area (TPSA) is 186 Å². The number of non-ortho nitro benzene ring substituents is 1. The number of nitrogens with two attached hydrogens (primary N) is 1. The van der Waals surface area contributed by atoms with Crippen molar-refractivity contribution in [2.24, 2.45) is 5.73 Å². The Morgan fingerprint density at radius 3 is 2.25 bits per heavy atom. The molecule has 3 rings (SSSR count). The number of aryl methyl sites for hydroxylation is 1. The van der Waals surface area contributed by atoms with Crippen molar-refractivity contribution < 1.29 is 33.9 Å². The number of hydrogen-bond acceptors (Lipinski definition) is 10. The van der Waals surface area contributed by atoms with E-state index in [9.17, 15) is 34.9 Å². The molecule has 0 amide bonds. The highest BCUT2D eigenvalue weighted by Gasteiger charge is 2.44. The fourth-order valence-corrected chi connectivity index (χ4v) is 4.07. The molecular formula is C24H20N4O8. The molecule has 2 aromatic carbocycles. The van der Waals surface area contributed by atoms with E-state index < -0.39 is 45.7 Å². The van der Waals surface area contributed by atoms with Crippen LogP contribution >= 0.6 is 0 Å². The molecule has 1 heterocycles. The first-order valence-electron chi connectivity index (χ1n) is 10.3. The van der Waals surface area contributed by atoms with Crippen LogP contribution in [0.4, 0.5) is 11.4 Å². The number of anilines is 1. The maximum Gasteiger partial charge on any atom is 0.355 e. The molecule has 0 saturated heterocycles. The number of carbonyl (C=O) groups excluding carboxylic acids is 2. The van der Waals surface area contributed by atoms with Gasteiger partial charge in [0.1, 0.15) is 11.5 Å². The largest absolute Gasteiger partial charge is 0.478 e. The van der Waals surface area contributed by atoms with E-state index in [-0.39, 0.29) is 28.2 Å². The van der Waals surface area contributed by atoms with Crippen LogP contribution in [0.1, 0.15) is 27.4 Å². The quantitative estimate of drug-likeness (QED) is 0.343. The highest BCUT2D eigenvalue weighted by molar-refractivity contribution is 6.08. The van der Waals surface area contributed by atoms with Crippen LogP contribution in [0.25, 0.3) is 0 Å². The van der Waals surface area contributed by atoms with Gasteiger partial charge in [-0.25, -0.2) is 14.4 Å². The molecule has 0 aliphatic carbocycles. The summed E-state index contributed by atoms with van der Waals surface area (Å²) in [5, 5.41) is 31.3. The fraction of sp³-hybridized carbons (Fsp3) is 0.167. The number of benzene rings is 2. The van der Waals surface area contributed by atoms with Gasteiger partial charge in [0, 0.05) is 12.1 Å². The van der Waals surface area contributed by atoms with Crippen molar-refractivity contribution in [2.45, 2.75) is 12.8 Å². The second-order valence-electron chi connectivity index (χ2n) is 7.56. The molecule has 1 unspecified atom stereocenters. The summed E-state index contributed by atoms with van der Waals surface area (Å²) in [5.74, 6) is -5.16. The minimum absolute atomic E-state index is 0.0330. The average Bonchev–Trinajstić information content (AvgIpc) is 2.87. The third-order valence-corrected chi connectivity index (χ3v) is 5.56. The first-order chi connectivity index (χ1) is 17.1. The Balaban J connectivity index is 2.53. The normalized spacial score (nSPS) is 15.3. The standard InChI is InChI=1S/C24H20N4O8/c1-12-9-14(28(33)34)10-15(22(29)30)19(12)27-20(24(32)36-3)18(23(31)35-2)17(16(11-25)21(27)26)13-7-5-4-6-8-13/h4-10,17H,26H2,1-3H3,(H,29,30). The molecule has 0 spiro atoms. The van der Waals surface area contributed by atoms with E-state index in [1.54, 1.807) is 30.3 Å². The zero-order valence-corrected chi connectivity index (χ0v) is 19.3. The Kier molecular flexibility index (Phi) is 7.05. The zero-order chi connectivity index (χ0) is 26.7. The lowest BCUT2D eigenvalue weighted by molar-refractivity contribution is -0.384. The Labute approximate surface area is 204 Å². The number of nitriles is 1. The summed E-state index contributed by atoms with van der Waals surface area (Å²) < 4.78 is 9.83. The van der Waals surface area contributed by atoms with Gasteiger partial charge in [-0.05, 0) is 18.1 Å². The molecule has 184 valence electrons. The lowest BCUT2D eigenvalue weighted by Gasteiger charge is -2.37. The number of esters is 2. The summed E-state index contributed by atoms with van der Waals surface area (Å²) in [6, 6.07) is 12.1. The maximum atomic E-state index is 13.1. The number of carboxylic acids is 1. The molecule has 1 aliphatic rings. The molecule has 0 bridgehead atoms. The van der Waals surface area contributed by atoms with Crippen LogP contribution in [0.2, 0.25) is 0 Å². The van der Waals surface area contributed by atoms with Crippen molar-refractivity contribution in [1.82, 2.24) is 0 Å². The van der Waals surface area contributed by atoms with Gasteiger partial charge in [-0.1, -0.05) is 30.3 Å². The average molecular weight is 492 g/mol. The van der Waals surface area contributed by atoms with Gasteiger partial charge in [-0.3, -0.25) is 15.0 Å². The minimum Gasteiger partial charge on any atom is -0.478 e. The molecule has 1 atom stereocenters. The highest BCUT2D eigenvalue weighted by atomic mass is 16.6. The van der Waals surface area contributed by atoms with E-state index in [0.29, 0.717) is 5.56 Å². The molecule has 1 aliphatic heterocycles. The summed E-state index contributed by atoms with van der Waals surface area (Å²) in [5.41, 5.74) is 4.48. The molecular weight excluding hydrogens is 472 g/mol. The maximum absolute atomic E-state index is 13.1. The SMILES string of the molecule is COC(=O)C1=C(C(=O)OC)N(c2c(C)cc([N+](=O)[O-])cc2C(=O)O)C(N)=C(C#N)C1c1ccccc1. The number of carboxylic acid groups (broad SMARTS) is 1. The van der Waals surface area contributed by atoms with E-state index in [4.69, 9.17) is 15.2 Å². The summed E-state index contributed by atoms with van der Waals surface area (Å²) in [6.45, 7) is 1.37. The van der Waals surface area contributed by atoms with Crippen molar-refractivity contribution in [3.8, 4) is 6.07 Å². The van der Waals surface area contributed by atoms with Gasteiger partial charge >= 0.3 is 17.9 Å². The van der Waals surface area contributed by atoms with Gasteiger partial charge < -0.3 is 20.3 Å². The highest BCUT2D eigenvalue weighted by Crippen LogP contribution is 2.45. The summed E-state index contributed by atoms with van der Waals surface area (Å²) in [7, 11) is 2.12. The predicted octanol–water partition coefficient (Wildman–Crippen LogP) is 2.50. The van der Waals surface area contributed by atoms with Gasteiger partial charge in [0.2, 0.25) is 0 Å². The van der Waals surface area contributed by atoms with Gasteiger partial charge in [-0.15, -0.1) is 0 Å². The first kappa shape index (κ1) is 25.4. The first-order valence-corrected chi connectivity index (χ1v) is 10.3. The number of nitro groups is 1. The second kappa shape index (κ2) is 9.98. The van der Waals surface area contributed by atoms with Crippen molar-refractivity contribution in [3.63, 3.8) is 0 Å². The third-order valence-electron chi connectivity index (χ3n) is 5.56. The van der Waals surface area contributed by atoms with Crippen LogP contribution < -0.4 is 10.6 Å². The van der Waals surface area contributed by atoms with Crippen LogP contribution in [0.3, 0.4) is 0 Å². The molecule has 12 heteroatoms. The predicted molar refractivity (Wildman–Crippen MR) is 124 cm³/mol. The number of hydrogen-bond donors (Lipinski definition) is 2. The third kappa shape index (κ3) is 4.21. The van der Waals surface area contributed by atoms with Crippen LogP contribution in [0.15, 0.2) is 65.1 Å². The van der Waals surface area contributed by atoms with E-state index in [2.05, 4.69) is 0 Å². The molecule has 0 fully saturated rings. The number of rotatable bonds is 6. The molecule has 0 radical (unpaired) electrons. The van der Waals surface area contributed by atoms with Crippen LogP contribution in [-0.4, -0.2) is 42.2 Å². The Morgan fingerprint density at radius 1 is 1.14 bits per heavy atom. The number of carbonyl (C=O) groups is 3. The lowest BCUT2D eigenvalue weighted by atomic mass is 9.80. The van der Waals surface area contributed by atoms with Gasteiger partial charge in [-0.2, -0.15) is 5.26 Å². The second-order valence-corrected chi connectivity index (χ2v) is 7.56. The number of ether oxygens (including phenoxy) is 2. The molecule has 2 aromatic rings. The number of allylic oxidation sites excluding steroid dienone is 1. The number of methoxy groups -OCH3 is 2. The van der Waals surface area contributed by atoms with Crippen LogP contribution in [0.5, 0.6) is 0 Å². The Bertz CT molecular complexity index is 1390. The van der Waals surface area contributed by atoms with E-state index >= 15 is 0 Å². The number of nitro benzene ring substituents is 1. The van der Waals surface area contributed by atoms with Crippen LogP contribution in [-0.2, 0) is 19.1 Å².